The minimum absolute atomic E-state index is 0.0710. The summed E-state index contributed by atoms with van der Waals surface area (Å²) in [6, 6.07) is 15.5. The van der Waals surface area contributed by atoms with Crippen LogP contribution in [0.1, 0.15) is 18.0 Å². The number of rotatable bonds is 3. The maximum atomic E-state index is 12.3. The molecule has 0 amide bonds. The molecular weight excluding hydrogens is 366 g/mol. The molecule has 0 aliphatic rings. The van der Waals surface area contributed by atoms with Crippen LogP contribution < -0.4 is 5.56 Å². The lowest BCUT2D eigenvalue weighted by molar-refractivity contribution is 0.892. The van der Waals surface area contributed by atoms with Gasteiger partial charge in [0.1, 0.15) is 5.82 Å². The summed E-state index contributed by atoms with van der Waals surface area (Å²) < 4.78 is 3.23. The Bertz CT molecular complexity index is 1320. The monoisotopic (exact) mass is 379 g/mol. The van der Waals surface area contributed by atoms with Gasteiger partial charge in [-0.2, -0.15) is 0 Å². The van der Waals surface area contributed by atoms with E-state index in [2.05, 4.69) is 36.7 Å². The quantitative estimate of drug-likeness (QED) is 0.479. The van der Waals surface area contributed by atoms with Crippen LogP contribution in [0.25, 0.3) is 26.1 Å². The van der Waals surface area contributed by atoms with Crippen LogP contribution >= 0.6 is 23.1 Å². The van der Waals surface area contributed by atoms with Gasteiger partial charge in [-0.25, -0.2) is 4.98 Å². The van der Waals surface area contributed by atoms with E-state index in [-0.39, 0.29) is 10.8 Å². The highest BCUT2D eigenvalue weighted by Crippen LogP contribution is 2.35. The summed E-state index contributed by atoms with van der Waals surface area (Å²) in [5.74, 6) is 0.634. The standard InChI is InChI=1S/C18H13N5OS2/c1-10(15-19-12-7-3-2-6-11(12)16(24)20-15)25-17-21-22-18-23(17)13-8-4-5-9-14(13)26-18/h2-10H,1H3,(H,19,20,24)/t10-/m0/s1. The average Bonchev–Trinajstić information content (AvgIpc) is 3.21. The molecule has 0 aliphatic heterocycles. The van der Waals surface area contributed by atoms with Crippen molar-refractivity contribution in [3.05, 3.63) is 64.7 Å². The summed E-state index contributed by atoms with van der Waals surface area (Å²) in [6.07, 6.45) is 0. The second kappa shape index (κ2) is 5.93. The van der Waals surface area contributed by atoms with E-state index in [1.165, 1.54) is 16.5 Å². The first kappa shape index (κ1) is 15.5. The normalized spacial score (nSPS) is 13.0. The number of thioether (sulfide) groups is 1. The van der Waals surface area contributed by atoms with Gasteiger partial charge < -0.3 is 4.98 Å². The van der Waals surface area contributed by atoms with Gasteiger partial charge in [-0.1, -0.05) is 47.4 Å². The lowest BCUT2D eigenvalue weighted by Crippen LogP contribution is -2.12. The number of para-hydroxylation sites is 2. The number of benzene rings is 2. The largest absolute Gasteiger partial charge is 0.309 e. The van der Waals surface area contributed by atoms with Crippen molar-refractivity contribution in [1.29, 1.82) is 0 Å². The van der Waals surface area contributed by atoms with Crippen molar-refractivity contribution in [2.24, 2.45) is 0 Å². The number of aromatic nitrogens is 5. The summed E-state index contributed by atoms with van der Waals surface area (Å²) in [5.41, 5.74) is 1.67. The van der Waals surface area contributed by atoms with Gasteiger partial charge in [-0.15, -0.1) is 10.2 Å². The number of hydrogen-bond acceptors (Lipinski definition) is 6. The first-order chi connectivity index (χ1) is 12.7. The van der Waals surface area contributed by atoms with Crippen molar-refractivity contribution in [3.8, 4) is 0 Å². The number of thiazole rings is 1. The Balaban J connectivity index is 1.57. The highest BCUT2D eigenvalue weighted by molar-refractivity contribution is 7.99. The smallest absolute Gasteiger partial charge is 0.258 e. The minimum Gasteiger partial charge on any atom is -0.309 e. The summed E-state index contributed by atoms with van der Waals surface area (Å²) in [5, 5.41) is 9.93. The van der Waals surface area contributed by atoms with Crippen LogP contribution in [0.3, 0.4) is 0 Å². The Kier molecular flexibility index (Phi) is 3.54. The first-order valence-corrected chi connectivity index (χ1v) is 9.78. The molecule has 0 bridgehead atoms. The molecule has 5 rings (SSSR count). The molecule has 0 unspecified atom stereocenters. The van der Waals surface area contributed by atoms with Crippen LogP contribution in [0.4, 0.5) is 0 Å². The summed E-state index contributed by atoms with van der Waals surface area (Å²) in [6.45, 7) is 2.01. The molecule has 1 atom stereocenters. The lowest BCUT2D eigenvalue weighted by Gasteiger charge is -2.10. The fraction of sp³-hybridized carbons (Fsp3) is 0.111. The molecule has 3 aromatic heterocycles. The molecule has 3 heterocycles. The van der Waals surface area contributed by atoms with E-state index in [1.807, 2.05) is 37.3 Å². The van der Waals surface area contributed by atoms with Gasteiger partial charge in [0.2, 0.25) is 4.96 Å². The van der Waals surface area contributed by atoms with Crippen LogP contribution in [-0.4, -0.2) is 24.6 Å². The molecule has 6 nitrogen and oxygen atoms in total. The second-order valence-electron chi connectivity index (χ2n) is 5.90. The van der Waals surface area contributed by atoms with Gasteiger partial charge in [0, 0.05) is 0 Å². The van der Waals surface area contributed by atoms with Gasteiger partial charge in [0.25, 0.3) is 5.56 Å². The molecule has 0 radical (unpaired) electrons. The highest BCUT2D eigenvalue weighted by Gasteiger charge is 2.18. The van der Waals surface area contributed by atoms with Crippen LogP contribution in [0, 0.1) is 0 Å². The Morgan fingerprint density at radius 2 is 1.92 bits per heavy atom. The molecule has 1 N–H and O–H groups in total. The van der Waals surface area contributed by atoms with Crippen LogP contribution in [-0.2, 0) is 0 Å². The third-order valence-electron chi connectivity index (χ3n) is 4.21. The molecule has 0 saturated carbocycles. The molecule has 0 spiro atoms. The SMILES string of the molecule is C[C@H](Sc1nnc2sc3ccccc3n12)c1nc2ccccc2c(=O)[nH]1. The molecule has 8 heteroatoms. The Hall–Kier alpha value is -2.71. The molecule has 5 aromatic rings. The predicted molar refractivity (Wildman–Crippen MR) is 105 cm³/mol. The topological polar surface area (TPSA) is 75.9 Å². The summed E-state index contributed by atoms with van der Waals surface area (Å²) >= 11 is 3.15. The number of H-pyrrole nitrogens is 1. The molecule has 0 saturated heterocycles. The predicted octanol–water partition coefficient (Wildman–Crippen LogP) is 4.03. The van der Waals surface area contributed by atoms with Crippen molar-refractivity contribution >= 4 is 49.2 Å². The summed E-state index contributed by atoms with van der Waals surface area (Å²) in [7, 11) is 0. The molecule has 26 heavy (non-hydrogen) atoms. The Labute approximate surface area is 155 Å². The van der Waals surface area contributed by atoms with Crippen molar-refractivity contribution in [2.75, 3.05) is 0 Å². The molecule has 0 aliphatic carbocycles. The number of fused-ring (bicyclic) bond motifs is 4. The number of nitrogens with one attached hydrogen (secondary N) is 1. The van der Waals surface area contributed by atoms with E-state index in [9.17, 15) is 4.79 Å². The number of hydrogen-bond donors (Lipinski definition) is 1. The highest BCUT2D eigenvalue weighted by atomic mass is 32.2. The van der Waals surface area contributed by atoms with Crippen LogP contribution in [0.15, 0.2) is 58.5 Å². The van der Waals surface area contributed by atoms with Crippen molar-refractivity contribution in [3.63, 3.8) is 0 Å². The third-order valence-corrected chi connectivity index (χ3v) is 6.27. The van der Waals surface area contributed by atoms with Crippen molar-refractivity contribution in [2.45, 2.75) is 17.3 Å². The fourth-order valence-corrected chi connectivity index (χ4v) is 4.88. The van der Waals surface area contributed by atoms with E-state index in [0.29, 0.717) is 16.7 Å². The summed E-state index contributed by atoms with van der Waals surface area (Å²) in [4.78, 5) is 20.7. The van der Waals surface area contributed by atoms with Crippen molar-refractivity contribution in [1.82, 2.24) is 24.6 Å². The van der Waals surface area contributed by atoms with E-state index in [0.717, 1.165) is 15.6 Å². The van der Waals surface area contributed by atoms with Crippen LogP contribution in [0.2, 0.25) is 0 Å². The first-order valence-electron chi connectivity index (χ1n) is 8.09. The van der Waals surface area contributed by atoms with Gasteiger partial charge in [0.15, 0.2) is 5.16 Å². The number of aromatic amines is 1. The van der Waals surface area contributed by atoms with Gasteiger partial charge in [0.05, 0.1) is 26.4 Å². The number of nitrogens with zero attached hydrogens (tertiary/aromatic N) is 4. The average molecular weight is 379 g/mol. The van der Waals surface area contributed by atoms with Gasteiger partial charge in [-0.3, -0.25) is 9.20 Å². The fourth-order valence-electron chi connectivity index (χ4n) is 2.94. The van der Waals surface area contributed by atoms with E-state index in [4.69, 9.17) is 0 Å². The maximum absolute atomic E-state index is 12.3. The van der Waals surface area contributed by atoms with Gasteiger partial charge >= 0.3 is 0 Å². The zero-order chi connectivity index (χ0) is 17.7. The lowest BCUT2D eigenvalue weighted by atomic mass is 10.2. The van der Waals surface area contributed by atoms with E-state index in [1.54, 1.807) is 17.4 Å². The van der Waals surface area contributed by atoms with E-state index >= 15 is 0 Å². The Morgan fingerprint density at radius 1 is 1.12 bits per heavy atom. The molecule has 2 aromatic carbocycles. The molecule has 0 fully saturated rings. The zero-order valence-corrected chi connectivity index (χ0v) is 15.3. The van der Waals surface area contributed by atoms with Gasteiger partial charge in [-0.05, 0) is 31.2 Å². The second-order valence-corrected chi connectivity index (χ2v) is 8.22. The Morgan fingerprint density at radius 3 is 2.85 bits per heavy atom. The third kappa shape index (κ3) is 2.41. The van der Waals surface area contributed by atoms with E-state index < -0.39 is 0 Å². The molecule has 128 valence electrons. The van der Waals surface area contributed by atoms with Crippen molar-refractivity contribution < 1.29 is 0 Å². The zero-order valence-electron chi connectivity index (χ0n) is 13.7. The molecular formula is C18H13N5OS2. The minimum atomic E-state index is -0.120. The maximum Gasteiger partial charge on any atom is 0.258 e. The van der Waals surface area contributed by atoms with Crippen LogP contribution in [0.5, 0.6) is 0 Å².